The third-order valence-corrected chi connectivity index (χ3v) is 9.80. The molecule has 2 aromatic carbocycles. The second-order valence-corrected chi connectivity index (χ2v) is 15.2. The average molecular weight is 613 g/mol. The molecule has 0 aromatic heterocycles. The number of aromatic hydroxyl groups is 2. The van der Waals surface area contributed by atoms with Crippen LogP contribution in [0.5, 0.6) is 11.5 Å². The fraction of sp³-hybridized carbons (Fsp3) is 0.684. The molecule has 5 heteroatoms. The number of phenols is 2. The first-order valence-corrected chi connectivity index (χ1v) is 17.6. The summed E-state index contributed by atoms with van der Waals surface area (Å²) < 4.78 is 0. The van der Waals surface area contributed by atoms with Crippen molar-refractivity contribution >= 4 is 12.6 Å². The van der Waals surface area contributed by atoms with E-state index < -0.39 is 5.41 Å². The molecule has 2 aromatic rings. The normalized spacial score (nSPS) is 12.7. The van der Waals surface area contributed by atoms with E-state index >= 15 is 0 Å². The summed E-state index contributed by atoms with van der Waals surface area (Å²) in [6.45, 7) is 15.7. The van der Waals surface area contributed by atoms with Gasteiger partial charge in [0.2, 0.25) is 0 Å². The van der Waals surface area contributed by atoms with E-state index in [-0.39, 0.29) is 22.3 Å². The van der Waals surface area contributed by atoms with Crippen LogP contribution in [-0.2, 0) is 29.3 Å². The average Bonchev–Trinajstić information content (AvgIpc) is 2.94. The highest BCUT2D eigenvalue weighted by Crippen LogP contribution is 2.47. The van der Waals surface area contributed by atoms with E-state index in [0.717, 1.165) is 52.6 Å². The fourth-order valence-electron chi connectivity index (χ4n) is 6.62. The van der Waals surface area contributed by atoms with Crippen LogP contribution in [0.25, 0.3) is 0 Å². The number of thiol groups is 1. The minimum atomic E-state index is -0.466. The van der Waals surface area contributed by atoms with Crippen molar-refractivity contribution in [3.63, 3.8) is 0 Å². The Morgan fingerprint density at radius 3 is 1.21 bits per heavy atom. The molecule has 0 radical (unpaired) electrons. The van der Waals surface area contributed by atoms with Crippen LogP contribution >= 0.6 is 12.6 Å². The second-order valence-electron chi connectivity index (χ2n) is 14.8. The molecule has 0 unspecified atom stereocenters. The molecule has 0 saturated heterocycles. The molecule has 6 N–H and O–H groups in total. The summed E-state index contributed by atoms with van der Waals surface area (Å²) in [5.74, 6) is 1.15. The third-order valence-electron chi connectivity index (χ3n) is 9.26. The molecule has 0 amide bonds. The summed E-state index contributed by atoms with van der Waals surface area (Å²) in [5.41, 5.74) is 17.7. The van der Waals surface area contributed by atoms with Crippen LogP contribution in [-0.4, -0.2) is 16.0 Å². The van der Waals surface area contributed by atoms with E-state index in [4.69, 9.17) is 24.1 Å². The largest absolute Gasteiger partial charge is 0.508 e. The van der Waals surface area contributed by atoms with Gasteiger partial charge in [0.25, 0.3) is 0 Å². The highest BCUT2D eigenvalue weighted by molar-refractivity contribution is 7.80. The number of hydrogen-bond acceptors (Lipinski definition) is 5. The highest BCUT2D eigenvalue weighted by atomic mass is 32.1. The first-order valence-electron chi connectivity index (χ1n) is 17.0. The van der Waals surface area contributed by atoms with Crippen LogP contribution in [0.3, 0.4) is 0 Å². The maximum Gasteiger partial charge on any atom is 0.119 e. The van der Waals surface area contributed by atoms with Crippen molar-refractivity contribution in [2.75, 3.05) is 5.75 Å². The van der Waals surface area contributed by atoms with Gasteiger partial charge in [0.1, 0.15) is 11.5 Å². The number of nitrogens with two attached hydrogens (primary N) is 2. The Morgan fingerprint density at radius 1 is 0.558 bits per heavy atom. The van der Waals surface area contributed by atoms with Crippen molar-refractivity contribution in [2.45, 2.75) is 161 Å². The van der Waals surface area contributed by atoms with E-state index in [1.165, 1.54) is 64.2 Å². The molecule has 0 heterocycles. The van der Waals surface area contributed by atoms with E-state index in [2.05, 4.69) is 60.6 Å². The molecular weight excluding hydrogens is 548 g/mol. The zero-order valence-electron chi connectivity index (χ0n) is 28.6. The summed E-state index contributed by atoms with van der Waals surface area (Å²) in [4.78, 5) is 0. The Morgan fingerprint density at radius 2 is 0.907 bits per heavy atom. The summed E-state index contributed by atoms with van der Waals surface area (Å²) in [5, 5.41) is 22.1. The zero-order valence-corrected chi connectivity index (χ0v) is 29.5. The van der Waals surface area contributed by atoms with Gasteiger partial charge in [-0.2, -0.15) is 12.6 Å². The molecule has 2 rings (SSSR count). The number of hydrogen-bond donors (Lipinski definition) is 5. The number of benzene rings is 2. The van der Waals surface area contributed by atoms with Crippen molar-refractivity contribution in [2.24, 2.45) is 11.5 Å². The van der Waals surface area contributed by atoms with Gasteiger partial charge < -0.3 is 21.7 Å². The first kappa shape index (κ1) is 37.5. The van der Waals surface area contributed by atoms with Gasteiger partial charge in [-0.15, -0.1) is 0 Å². The number of rotatable bonds is 18. The third kappa shape index (κ3) is 10.2. The Bertz CT molecular complexity index is 1060. The lowest BCUT2D eigenvalue weighted by Gasteiger charge is -2.39. The molecule has 0 atom stereocenters. The van der Waals surface area contributed by atoms with E-state index in [1.807, 2.05) is 12.1 Å². The topological polar surface area (TPSA) is 92.5 Å². The first-order chi connectivity index (χ1) is 20.3. The minimum absolute atomic E-state index is 0.244. The SMILES string of the molecule is CCCCCCCCCCCCCCC(CS)(c1cc(C(C)(C)C)c(O)cc1CN)c1cc(C(C)(C)C)c(O)cc1CN. The maximum absolute atomic E-state index is 11.0. The molecular formula is C38H64N2O2S. The molecule has 0 bridgehead atoms. The molecule has 0 aliphatic rings. The van der Waals surface area contributed by atoms with Crippen molar-refractivity contribution in [3.8, 4) is 11.5 Å². The second kappa shape index (κ2) is 17.1. The summed E-state index contributed by atoms with van der Waals surface area (Å²) in [7, 11) is 0. The lowest BCUT2D eigenvalue weighted by Crippen LogP contribution is -2.35. The monoisotopic (exact) mass is 612 g/mol. The van der Waals surface area contributed by atoms with Crippen molar-refractivity contribution in [3.05, 3.63) is 57.6 Å². The molecule has 244 valence electrons. The van der Waals surface area contributed by atoms with Gasteiger partial charge in [-0.25, -0.2) is 0 Å². The predicted octanol–water partition coefficient (Wildman–Crippen LogP) is 9.92. The molecule has 4 nitrogen and oxygen atoms in total. The van der Waals surface area contributed by atoms with Crippen LogP contribution < -0.4 is 11.5 Å². The molecule has 0 spiro atoms. The van der Waals surface area contributed by atoms with E-state index in [1.54, 1.807) is 0 Å². The van der Waals surface area contributed by atoms with Gasteiger partial charge in [0.15, 0.2) is 0 Å². The Balaban J connectivity index is 2.45. The minimum Gasteiger partial charge on any atom is -0.508 e. The molecule has 0 fully saturated rings. The summed E-state index contributed by atoms with van der Waals surface area (Å²) in [6, 6.07) is 8.09. The van der Waals surface area contributed by atoms with Crippen LogP contribution in [0.4, 0.5) is 0 Å². The van der Waals surface area contributed by atoms with Gasteiger partial charge in [-0.1, -0.05) is 138 Å². The standard InChI is InChI=1S/C38H64N2O2S/c1-8-9-10-11-12-13-14-15-16-17-18-19-20-38(27-43,30-23-32(36(2,3)4)34(41)21-28(30)25-39)31-24-33(37(5,6)7)35(42)22-29(31)26-40/h21-24,41-43H,8-20,25-27,39-40H2,1-7H3. The van der Waals surface area contributed by atoms with Gasteiger partial charge in [-0.05, 0) is 62.8 Å². The molecule has 0 aliphatic heterocycles. The summed E-state index contributed by atoms with van der Waals surface area (Å²) in [6.07, 6.45) is 16.5. The van der Waals surface area contributed by atoms with Crippen molar-refractivity contribution in [1.82, 2.24) is 0 Å². The lowest BCUT2D eigenvalue weighted by atomic mass is 9.66. The van der Waals surface area contributed by atoms with Crippen molar-refractivity contribution in [1.29, 1.82) is 0 Å². The Hall–Kier alpha value is -1.69. The fourth-order valence-corrected chi connectivity index (χ4v) is 7.12. The number of unbranched alkanes of at least 4 members (excludes halogenated alkanes) is 11. The Labute approximate surface area is 269 Å². The highest BCUT2D eigenvalue weighted by Gasteiger charge is 2.39. The smallest absolute Gasteiger partial charge is 0.119 e. The van der Waals surface area contributed by atoms with E-state index in [9.17, 15) is 10.2 Å². The molecule has 0 aliphatic carbocycles. The van der Waals surface area contributed by atoms with Gasteiger partial charge >= 0.3 is 0 Å². The van der Waals surface area contributed by atoms with Crippen LogP contribution in [0.15, 0.2) is 24.3 Å². The van der Waals surface area contributed by atoms with E-state index in [0.29, 0.717) is 18.8 Å². The van der Waals surface area contributed by atoms with Gasteiger partial charge in [-0.3, -0.25) is 0 Å². The van der Waals surface area contributed by atoms with Crippen LogP contribution in [0, 0.1) is 0 Å². The number of phenolic OH excluding ortho intramolecular Hbond substituents is 2. The zero-order chi connectivity index (χ0) is 32.3. The van der Waals surface area contributed by atoms with Crippen LogP contribution in [0.2, 0.25) is 0 Å². The van der Waals surface area contributed by atoms with Crippen molar-refractivity contribution < 1.29 is 10.2 Å². The molecule has 0 saturated carbocycles. The summed E-state index contributed by atoms with van der Waals surface area (Å²) >= 11 is 5.07. The predicted molar refractivity (Wildman–Crippen MR) is 190 cm³/mol. The van der Waals surface area contributed by atoms with Gasteiger partial charge in [0, 0.05) is 24.3 Å². The lowest BCUT2D eigenvalue weighted by molar-refractivity contribution is 0.434. The maximum atomic E-state index is 11.0. The molecule has 43 heavy (non-hydrogen) atoms. The van der Waals surface area contributed by atoms with Gasteiger partial charge in [0.05, 0.1) is 0 Å². The Kier molecular flexibility index (Phi) is 14.9. The quantitative estimate of drug-likeness (QED) is 0.0855. The van der Waals surface area contributed by atoms with Crippen LogP contribution in [0.1, 0.15) is 165 Å².